The average Bonchev–Trinajstić information content (AvgIpc) is 2.31. The molecule has 1 aromatic carbocycles. The molecule has 18 heavy (non-hydrogen) atoms. The van der Waals surface area contributed by atoms with Gasteiger partial charge >= 0.3 is 5.97 Å². The lowest BCUT2D eigenvalue weighted by molar-refractivity contribution is -0.384. The van der Waals surface area contributed by atoms with Gasteiger partial charge in [-0.05, 0) is 19.4 Å². The SMILES string of the molecule is CCC(C)(Nc1ccc([N+](=O)[O-])cc1Cl)C(=O)O. The van der Waals surface area contributed by atoms with Crippen molar-refractivity contribution in [1.29, 1.82) is 0 Å². The number of nitro benzene ring substituents is 1. The number of non-ortho nitro benzene ring substituents is 1. The van der Waals surface area contributed by atoms with Gasteiger partial charge in [0.1, 0.15) is 5.54 Å². The lowest BCUT2D eigenvalue weighted by Crippen LogP contribution is -2.42. The first-order chi connectivity index (χ1) is 8.30. The molecule has 1 unspecified atom stereocenters. The molecule has 1 aromatic rings. The highest BCUT2D eigenvalue weighted by Crippen LogP contribution is 2.29. The normalized spacial score (nSPS) is 13.7. The first-order valence-electron chi connectivity index (χ1n) is 5.25. The van der Waals surface area contributed by atoms with Crippen molar-refractivity contribution in [1.82, 2.24) is 0 Å². The molecule has 0 aliphatic heterocycles. The van der Waals surface area contributed by atoms with E-state index in [-0.39, 0.29) is 10.7 Å². The number of hydrogen-bond acceptors (Lipinski definition) is 4. The van der Waals surface area contributed by atoms with Crippen molar-refractivity contribution in [2.75, 3.05) is 5.32 Å². The minimum Gasteiger partial charge on any atom is -0.480 e. The molecule has 1 atom stereocenters. The van der Waals surface area contributed by atoms with Gasteiger partial charge in [0.25, 0.3) is 5.69 Å². The largest absolute Gasteiger partial charge is 0.480 e. The average molecular weight is 273 g/mol. The highest BCUT2D eigenvalue weighted by Gasteiger charge is 2.31. The number of hydrogen-bond donors (Lipinski definition) is 2. The summed E-state index contributed by atoms with van der Waals surface area (Å²) in [5.74, 6) is -1.01. The molecule has 1 rings (SSSR count). The van der Waals surface area contributed by atoms with Gasteiger partial charge in [0.05, 0.1) is 15.6 Å². The number of carboxylic acid groups (broad SMARTS) is 1. The van der Waals surface area contributed by atoms with Crippen LogP contribution >= 0.6 is 11.6 Å². The Kier molecular flexibility index (Phi) is 4.13. The fraction of sp³-hybridized carbons (Fsp3) is 0.364. The minimum absolute atomic E-state index is 0.116. The summed E-state index contributed by atoms with van der Waals surface area (Å²) in [6, 6.07) is 3.85. The maximum Gasteiger partial charge on any atom is 0.329 e. The Labute approximate surface area is 109 Å². The molecule has 2 N–H and O–H groups in total. The second-order valence-electron chi connectivity index (χ2n) is 4.04. The van der Waals surface area contributed by atoms with Gasteiger partial charge in [0, 0.05) is 12.1 Å². The number of nitro groups is 1. The van der Waals surface area contributed by atoms with Gasteiger partial charge in [-0.25, -0.2) is 4.79 Å². The van der Waals surface area contributed by atoms with E-state index in [9.17, 15) is 14.9 Å². The third kappa shape index (κ3) is 2.89. The van der Waals surface area contributed by atoms with E-state index < -0.39 is 16.4 Å². The number of carboxylic acids is 1. The van der Waals surface area contributed by atoms with E-state index in [0.717, 1.165) is 0 Å². The maximum atomic E-state index is 11.1. The third-order valence-electron chi connectivity index (χ3n) is 2.75. The van der Waals surface area contributed by atoms with Gasteiger partial charge in [-0.2, -0.15) is 0 Å². The Morgan fingerprint density at radius 2 is 2.22 bits per heavy atom. The lowest BCUT2D eigenvalue weighted by atomic mass is 9.99. The van der Waals surface area contributed by atoms with Crippen molar-refractivity contribution in [3.05, 3.63) is 33.3 Å². The van der Waals surface area contributed by atoms with Gasteiger partial charge in [-0.3, -0.25) is 10.1 Å². The molecule has 0 aromatic heterocycles. The van der Waals surface area contributed by atoms with Crippen LogP contribution in [0.3, 0.4) is 0 Å². The predicted octanol–water partition coefficient (Wildman–Crippen LogP) is 2.91. The first kappa shape index (κ1) is 14.2. The van der Waals surface area contributed by atoms with Gasteiger partial charge in [-0.15, -0.1) is 0 Å². The van der Waals surface area contributed by atoms with Crippen LogP contribution in [0.5, 0.6) is 0 Å². The molecule has 0 spiro atoms. The highest BCUT2D eigenvalue weighted by atomic mass is 35.5. The molecular weight excluding hydrogens is 260 g/mol. The van der Waals surface area contributed by atoms with Crippen LogP contribution in [0.25, 0.3) is 0 Å². The molecule has 0 aliphatic rings. The summed E-state index contributed by atoms with van der Waals surface area (Å²) in [6.45, 7) is 3.24. The van der Waals surface area contributed by atoms with Crippen molar-refractivity contribution < 1.29 is 14.8 Å². The molecule has 0 fully saturated rings. The van der Waals surface area contributed by atoms with Crippen molar-refractivity contribution >= 4 is 28.9 Å². The van der Waals surface area contributed by atoms with Crippen LogP contribution in [0.4, 0.5) is 11.4 Å². The van der Waals surface area contributed by atoms with E-state index in [0.29, 0.717) is 12.1 Å². The van der Waals surface area contributed by atoms with Crippen molar-refractivity contribution in [3.8, 4) is 0 Å². The van der Waals surface area contributed by atoms with Crippen LogP contribution in [0, 0.1) is 10.1 Å². The fourth-order valence-corrected chi connectivity index (χ4v) is 1.53. The number of halogens is 1. The Morgan fingerprint density at radius 1 is 1.61 bits per heavy atom. The Morgan fingerprint density at radius 3 is 2.61 bits per heavy atom. The van der Waals surface area contributed by atoms with Crippen LogP contribution in [0.2, 0.25) is 5.02 Å². The van der Waals surface area contributed by atoms with Crippen LogP contribution < -0.4 is 5.32 Å². The standard InChI is InChI=1S/C11H13ClN2O4/c1-3-11(2,10(15)16)13-9-5-4-7(14(17)18)6-8(9)12/h4-6,13H,3H2,1-2H3,(H,15,16). The molecule has 0 saturated heterocycles. The summed E-state index contributed by atoms with van der Waals surface area (Å²) >= 11 is 5.88. The molecule has 6 nitrogen and oxygen atoms in total. The molecule has 0 bridgehead atoms. The number of anilines is 1. The van der Waals surface area contributed by atoms with E-state index in [4.69, 9.17) is 16.7 Å². The molecule has 0 amide bonds. The molecular formula is C11H13ClN2O4. The lowest BCUT2D eigenvalue weighted by Gasteiger charge is -2.26. The summed E-state index contributed by atoms with van der Waals surface area (Å²) in [5.41, 5.74) is -0.951. The monoisotopic (exact) mass is 272 g/mol. The zero-order chi connectivity index (χ0) is 13.9. The van der Waals surface area contributed by atoms with Crippen LogP contribution in [0.1, 0.15) is 20.3 Å². The minimum atomic E-state index is -1.17. The van der Waals surface area contributed by atoms with Gasteiger partial charge in [0.15, 0.2) is 0 Å². The smallest absolute Gasteiger partial charge is 0.329 e. The van der Waals surface area contributed by atoms with Crippen molar-refractivity contribution in [2.45, 2.75) is 25.8 Å². The molecule has 7 heteroatoms. The zero-order valence-corrected chi connectivity index (χ0v) is 10.7. The summed E-state index contributed by atoms with van der Waals surface area (Å²) in [7, 11) is 0. The fourth-order valence-electron chi connectivity index (χ4n) is 1.31. The Bertz CT molecular complexity index is 492. The van der Waals surface area contributed by atoms with E-state index in [2.05, 4.69) is 5.32 Å². The highest BCUT2D eigenvalue weighted by molar-refractivity contribution is 6.33. The predicted molar refractivity (Wildman–Crippen MR) is 68.1 cm³/mol. The van der Waals surface area contributed by atoms with E-state index >= 15 is 0 Å². The summed E-state index contributed by atoms with van der Waals surface area (Å²) < 4.78 is 0. The molecule has 0 radical (unpaired) electrons. The molecule has 0 aliphatic carbocycles. The molecule has 98 valence electrons. The summed E-state index contributed by atoms with van der Waals surface area (Å²) in [5, 5.41) is 22.6. The third-order valence-corrected chi connectivity index (χ3v) is 3.07. The van der Waals surface area contributed by atoms with E-state index in [1.165, 1.54) is 25.1 Å². The summed E-state index contributed by atoms with van der Waals surface area (Å²) in [6.07, 6.45) is 0.343. The molecule has 0 saturated carbocycles. The number of nitrogens with zero attached hydrogens (tertiary/aromatic N) is 1. The van der Waals surface area contributed by atoms with Crippen LogP contribution in [0.15, 0.2) is 18.2 Å². The number of benzene rings is 1. The number of carbonyl (C=O) groups is 1. The molecule has 0 heterocycles. The Hall–Kier alpha value is -1.82. The maximum absolute atomic E-state index is 11.1. The van der Waals surface area contributed by atoms with E-state index in [1.54, 1.807) is 6.92 Å². The van der Waals surface area contributed by atoms with Gasteiger partial charge in [-0.1, -0.05) is 18.5 Å². The van der Waals surface area contributed by atoms with Gasteiger partial charge < -0.3 is 10.4 Å². The van der Waals surface area contributed by atoms with E-state index in [1.807, 2.05) is 0 Å². The summed E-state index contributed by atoms with van der Waals surface area (Å²) in [4.78, 5) is 21.1. The first-order valence-corrected chi connectivity index (χ1v) is 5.63. The number of aliphatic carboxylic acids is 1. The van der Waals surface area contributed by atoms with Crippen molar-refractivity contribution in [2.24, 2.45) is 0 Å². The zero-order valence-electron chi connectivity index (χ0n) is 9.94. The van der Waals surface area contributed by atoms with Crippen LogP contribution in [-0.2, 0) is 4.79 Å². The topological polar surface area (TPSA) is 92.5 Å². The Balaban J connectivity index is 3.05. The second kappa shape index (κ2) is 5.22. The number of nitrogens with one attached hydrogen (secondary N) is 1. The quantitative estimate of drug-likeness (QED) is 0.635. The van der Waals surface area contributed by atoms with Crippen LogP contribution in [-0.4, -0.2) is 21.5 Å². The second-order valence-corrected chi connectivity index (χ2v) is 4.44. The van der Waals surface area contributed by atoms with Gasteiger partial charge in [0.2, 0.25) is 0 Å². The van der Waals surface area contributed by atoms with Crippen molar-refractivity contribution in [3.63, 3.8) is 0 Å². The number of rotatable bonds is 5.